The summed E-state index contributed by atoms with van der Waals surface area (Å²) in [6.07, 6.45) is 3.37. The minimum absolute atomic E-state index is 0.0323. The van der Waals surface area contributed by atoms with Gasteiger partial charge in [0.1, 0.15) is 11.6 Å². The van der Waals surface area contributed by atoms with Crippen molar-refractivity contribution in [1.29, 1.82) is 5.26 Å². The lowest BCUT2D eigenvalue weighted by Gasteiger charge is -2.03. The molecule has 0 aliphatic rings. The highest BCUT2D eigenvalue weighted by molar-refractivity contribution is 7.99. The first-order chi connectivity index (χ1) is 11.6. The van der Waals surface area contributed by atoms with Gasteiger partial charge in [0.25, 0.3) is 5.56 Å². The molecule has 2 rings (SSSR count). The van der Waals surface area contributed by atoms with Gasteiger partial charge in [0.2, 0.25) is 0 Å². The molecule has 0 aliphatic heterocycles. The van der Waals surface area contributed by atoms with E-state index < -0.39 is 11.5 Å². The number of rotatable bonds is 6. The number of H-pyrrole nitrogens is 1. The number of hydrogen-bond donors (Lipinski definition) is 1. The van der Waals surface area contributed by atoms with E-state index in [1.165, 1.54) is 0 Å². The van der Waals surface area contributed by atoms with Crippen molar-refractivity contribution in [3.8, 4) is 6.07 Å². The molecule has 122 valence electrons. The number of hydrogen-bond acceptors (Lipinski definition) is 6. The molecular weight excluding hydrogens is 326 g/mol. The summed E-state index contributed by atoms with van der Waals surface area (Å²) in [7, 11) is 0. The molecule has 1 aromatic carbocycles. The van der Waals surface area contributed by atoms with Gasteiger partial charge in [0.05, 0.1) is 18.1 Å². The zero-order valence-corrected chi connectivity index (χ0v) is 13.8. The highest BCUT2D eigenvalue weighted by Crippen LogP contribution is 2.15. The molecule has 0 aliphatic carbocycles. The molecule has 0 atom stereocenters. The second kappa shape index (κ2) is 8.70. The Balaban J connectivity index is 2.26. The topological polar surface area (TPSA) is 95.8 Å². The van der Waals surface area contributed by atoms with Crippen molar-refractivity contribution in [3.63, 3.8) is 0 Å². The standard InChI is InChI=1S/C17H15N3O3S/c1-2-23-15(21)11-24-17-19-14(13(10-18)16(22)20-17)9-8-12-6-4-3-5-7-12/h3-9H,2,11H2,1H3,(H,19,20,22)/b9-8+. The first-order valence-electron chi connectivity index (χ1n) is 7.20. The molecule has 0 radical (unpaired) electrons. The predicted molar refractivity (Wildman–Crippen MR) is 92.3 cm³/mol. The maximum Gasteiger partial charge on any atom is 0.316 e. The van der Waals surface area contributed by atoms with E-state index in [1.807, 2.05) is 36.4 Å². The Hall–Kier alpha value is -2.85. The lowest BCUT2D eigenvalue weighted by atomic mass is 10.1. The fraction of sp³-hybridized carbons (Fsp3) is 0.176. The van der Waals surface area contributed by atoms with Gasteiger partial charge in [0, 0.05) is 0 Å². The monoisotopic (exact) mass is 341 g/mol. The summed E-state index contributed by atoms with van der Waals surface area (Å²) in [4.78, 5) is 30.1. The molecular formula is C17H15N3O3S. The summed E-state index contributed by atoms with van der Waals surface area (Å²) in [6, 6.07) is 11.3. The average Bonchev–Trinajstić information content (AvgIpc) is 2.59. The lowest BCUT2D eigenvalue weighted by molar-refractivity contribution is -0.139. The van der Waals surface area contributed by atoms with Crippen LogP contribution in [0.2, 0.25) is 0 Å². The molecule has 6 nitrogen and oxygen atoms in total. The van der Waals surface area contributed by atoms with Crippen LogP contribution in [-0.4, -0.2) is 28.3 Å². The van der Waals surface area contributed by atoms with Gasteiger partial charge in [0.15, 0.2) is 5.16 Å². The van der Waals surface area contributed by atoms with Gasteiger partial charge in [-0.2, -0.15) is 5.26 Å². The van der Waals surface area contributed by atoms with Crippen LogP contribution in [-0.2, 0) is 9.53 Å². The number of carbonyl (C=O) groups excluding carboxylic acids is 1. The van der Waals surface area contributed by atoms with E-state index >= 15 is 0 Å². The number of benzene rings is 1. The first kappa shape index (κ1) is 17.5. The second-order valence-corrected chi connectivity index (χ2v) is 5.54. The molecule has 24 heavy (non-hydrogen) atoms. The highest BCUT2D eigenvalue weighted by atomic mass is 32.2. The molecule has 1 aromatic heterocycles. The Morgan fingerprint density at radius 3 is 2.79 bits per heavy atom. The number of carbonyl (C=O) groups is 1. The fourth-order valence-electron chi connectivity index (χ4n) is 1.84. The summed E-state index contributed by atoms with van der Waals surface area (Å²) >= 11 is 1.05. The van der Waals surface area contributed by atoms with Crippen LogP contribution in [0.1, 0.15) is 23.7 Å². The van der Waals surface area contributed by atoms with Crippen molar-refractivity contribution < 1.29 is 9.53 Å². The molecule has 7 heteroatoms. The van der Waals surface area contributed by atoms with Crippen LogP contribution < -0.4 is 5.56 Å². The minimum Gasteiger partial charge on any atom is -0.465 e. The number of thioether (sulfide) groups is 1. The van der Waals surface area contributed by atoms with E-state index in [-0.39, 0.29) is 22.2 Å². The van der Waals surface area contributed by atoms with Crippen LogP contribution >= 0.6 is 11.8 Å². The summed E-state index contributed by atoms with van der Waals surface area (Å²) < 4.78 is 4.83. The van der Waals surface area contributed by atoms with Crippen LogP contribution in [0.3, 0.4) is 0 Å². The van der Waals surface area contributed by atoms with Gasteiger partial charge in [-0.3, -0.25) is 9.59 Å². The largest absolute Gasteiger partial charge is 0.465 e. The molecule has 0 unspecified atom stereocenters. The molecule has 1 heterocycles. The maximum absolute atomic E-state index is 12.0. The van der Waals surface area contributed by atoms with E-state index in [0.717, 1.165) is 17.3 Å². The third kappa shape index (κ3) is 4.83. The average molecular weight is 341 g/mol. The van der Waals surface area contributed by atoms with E-state index in [1.54, 1.807) is 19.1 Å². The van der Waals surface area contributed by atoms with Crippen LogP contribution in [0.15, 0.2) is 40.3 Å². The van der Waals surface area contributed by atoms with Crippen molar-refractivity contribution in [1.82, 2.24) is 9.97 Å². The predicted octanol–water partition coefficient (Wildman–Crippen LogP) is 2.47. The summed E-state index contributed by atoms with van der Waals surface area (Å²) in [5.74, 6) is -0.360. The molecule has 0 amide bonds. The van der Waals surface area contributed by atoms with Gasteiger partial charge < -0.3 is 9.72 Å². The van der Waals surface area contributed by atoms with Gasteiger partial charge in [-0.1, -0.05) is 48.2 Å². The molecule has 2 aromatic rings. The second-order valence-electron chi connectivity index (χ2n) is 4.58. The van der Waals surface area contributed by atoms with E-state index in [9.17, 15) is 9.59 Å². The summed E-state index contributed by atoms with van der Waals surface area (Å²) in [5.41, 5.74) is 0.579. The smallest absolute Gasteiger partial charge is 0.316 e. The van der Waals surface area contributed by atoms with Crippen molar-refractivity contribution in [2.75, 3.05) is 12.4 Å². The lowest BCUT2D eigenvalue weighted by Crippen LogP contribution is -2.16. The number of nitrogens with one attached hydrogen (secondary N) is 1. The molecule has 1 N–H and O–H groups in total. The van der Waals surface area contributed by atoms with Crippen molar-refractivity contribution >= 4 is 29.9 Å². The van der Waals surface area contributed by atoms with E-state index in [0.29, 0.717) is 6.61 Å². The number of aromatic nitrogens is 2. The number of aromatic amines is 1. The van der Waals surface area contributed by atoms with Crippen LogP contribution in [0.4, 0.5) is 0 Å². The van der Waals surface area contributed by atoms with Crippen LogP contribution in [0.5, 0.6) is 0 Å². The van der Waals surface area contributed by atoms with Gasteiger partial charge in [-0.25, -0.2) is 4.98 Å². The number of ether oxygens (including phenoxy) is 1. The molecule has 0 bridgehead atoms. The van der Waals surface area contributed by atoms with Crippen LogP contribution in [0.25, 0.3) is 12.2 Å². The molecule has 0 saturated carbocycles. The summed E-state index contributed by atoms with van der Waals surface area (Å²) in [5, 5.41) is 9.41. The van der Waals surface area contributed by atoms with E-state index in [4.69, 9.17) is 10.00 Å². The highest BCUT2D eigenvalue weighted by Gasteiger charge is 2.11. The van der Waals surface area contributed by atoms with E-state index in [2.05, 4.69) is 9.97 Å². The Morgan fingerprint density at radius 1 is 1.38 bits per heavy atom. The molecule has 0 saturated heterocycles. The maximum atomic E-state index is 12.0. The molecule has 0 fully saturated rings. The Labute approximate surface area is 143 Å². The number of nitriles is 1. The zero-order valence-electron chi connectivity index (χ0n) is 13.0. The molecule has 0 spiro atoms. The third-order valence-corrected chi connectivity index (χ3v) is 3.75. The fourth-order valence-corrected chi connectivity index (χ4v) is 2.50. The van der Waals surface area contributed by atoms with Crippen molar-refractivity contribution in [3.05, 3.63) is 57.5 Å². The summed E-state index contributed by atoms with van der Waals surface area (Å²) in [6.45, 7) is 2.01. The minimum atomic E-state index is -0.536. The normalized spacial score (nSPS) is 10.5. The third-order valence-electron chi connectivity index (χ3n) is 2.90. The van der Waals surface area contributed by atoms with Gasteiger partial charge in [-0.15, -0.1) is 0 Å². The SMILES string of the molecule is CCOC(=O)CSc1nc(/C=C/c2ccccc2)c(C#N)c(=O)[nH]1. The zero-order chi connectivity index (χ0) is 17.4. The number of nitrogens with zero attached hydrogens (tertiary/aromatic N) is 2. The van der Waals surface area contributed by atoms with Gasteiger partial charge >= 0.3 is 5.97 Å². The first-order valence-corrected chi connectivity index (χ1v) is 8.18. The Bertz CT molecular complexity index is 838. The Kier molecular flexibility index (Phi) is 6.34. The van der Waals surface area contributed by atoms with Crippen molar-refractivity contribution in [2.45, 2.75) is 12.1 Å². The van der Waals surface area contributed by atoms with Crippen molar-refractivity contribution in [2.24, 2.45) is 0 Å². The number of esters is 1. The quantitative estimate of drug-likeness (QED) is 0.492. The Morgan fingerprint density at radius 2 is 2.12 bits per heavy atom. The van der Waals surface area contributed by atoms with Gasteiger partial charge in [-0.05, 0) is 18.6 Å². The van der Waals surface area contributed by atoms with Crippen LogP contribution in [0, 0.1) is 11.3 Å².